The van der Waals surface area contributed by atoms with Crippen molar-refractivity contribution in [3.05, 3.63) is 24.3 Å². The topological polar surface area (TPSA) is 91.3 Å². The number of carbonyl (C=O) groups excluding carboxylic acids is 2. The molecule has 0 aromatic carbocycles. The van der Waals surface area contributed by atoms with E-state index in [0.717, 1.165) is 0 Å². The van der Waals surface area contributed by atoms with Gasteiger partial charge in [-0.15, -0.1) is 0 Å². The molecule has 1 N–H and O–H groups in total. The summed E-state index contributed by atoms with van der Waals surface area (Å²) in [5, 5.41) is 9.17. The van der Waals surface area contributed by atoms with Crippen molar-refractivity contribution in [3.63, 3.8) is 0 Å². The van der Waals surface area contributed by atoms with Crippen molar-refractivity contribution in [1.29, 1.82) is 0 Å². The Morgan fingerprint density at radius 1 is 1.00 bits per heavy atom. The van der Waals surface area contributed by atoms with Gasteiger partial charge in [0.15, 0.2) is 0 Å². The van der Waals surface area contributed by atoms with Crippen LogP contribution in [0.1, 0.15) is 13.8 Å². The zero-order valence-electron chi connectivity index (χ0n) is 13.1. The molecule has 0 bridgehead atoms. The van der Waals surface area contributed by atoms with E-state index in [1.807, 2.05) is 0 Å². The molecule has 1 atom stereocenters. The van der Waals surface area contributed by atoms with Gasteiger partial charge < -0.3 is 24.1 Å². The maximum atomic E-state index is 11.3. The van der Waals surface area contributed by atoms with Crippen molar-refractivity contribution in [1.82, 2.24) is 0 Å². The molecule has 7 heteroatoms. The fourth-order valence-corrected chi connectivity index (χ4v) is 1.27. The molecule has 0 fully saturated rings. The summed E-state index contributed by atoms with van der Waals surface area (Å²) < 4.78 is 20.0. The van der Waals surface area contributed by atoms with Crippen molar-refractivity contribution in [2.45, 2.75) is 20.0 Å². The summed E-state index contributed by atoms with van der Waals surface area (Å²) in [7, 11) is 0. The Labute approximate surface area is 130 Å². The van der Waals surface area contributed by atoms with Crippen LogP contribution in [0.25, 0.3) is 0 Å². The van der Waals surface area contributed by atoms with Gasteiger partial charge in [-0.25, -0.2) is 9.59 Å². The maximum absolute atomic E-state index is 11.3. The lowest BCUT2D eigenvalue weighted by Crippen LogP contribution is -2.27. The minimum atomic E-state index is -0.652. The fourth-order valence-electron chi connectivity index (χ4n) is 1.27. The van der Waals surface area contributed by atoms with Crippen LogP contribution in [0.5, 0.6) is 0 Å². The Balaban J connectivity index is 4.02. The number of esters is 2. The monoisotopic (exact) mass is 316 g/mol. The number of rotatable bonds is 12. The van der Waals surface area contributed by atoms with E-state index in [1.165, 1.54) is 0 Å². The summed E-state index contributed by atoms with van der Waals surface area (Å²) in [5.41, 5.74) is 0.325. The third-order valence-electron chi connectivity index (χ3n) is 2.41. The minimum Gasteiger partial charge on any atom is -0.463 e. The van der Waals surface area contributed by atoms with Crippen LogP contribution in [0.15, 0.2) is 24.3 Å². The highest BCUT2D eigenvalue weighted by Gasteiger charge is 2.14. The zero-order chi connectivity index (χ0) is 17.0. The van der Waals surface area contributed by atoms with Crippen LogP contribution in [0.3, 0.4) is 0 Å². The van der Waals surface area contributed by atoms with Crippen molar-refractivity contribution < 1.29 is 33.6 Å². The van der Waals surface area contributed by atoms with Crippen LogP contribution in [0, 0.1) is 0 Å². The molecule has 0 aromatic heterocycles. The lowest BCUT2D eigenvalue weighted by molar-refractivity contribution is -0.141. The van der Waals surface area contributed by atoms with Gasteiger partial charge in [0.05, 0.1) is 50.8 Å². The fraction of sp³-hybridized carbons (Fsp3) is 0.600. The SMILES string of the molecule is C=C(COCC(CO)OCC(=C)C(=O)OCC)C(=O)OCC. The average Bonchev–Trinajstić information content (AvgIpc) is 2.50. The van der Waals surface area contributed by atoms with Gasteiger partial charge in [-0.2, -0.15) is 0 Å². The summed E-state index contributed by atoms with van der Waals surface area (Å²) in [4.78, 5) is 22.6. The quantitative estimate of drug-likeness (QED) is 0.417. The molecule has 0 saturated heterocycles. The highest BCUT2D eigenvalue weighted by Crippen LogP contribution is 2.02. The van der Waals surface area contributed by atoms with Crippen LogP contribution in [0.4, 0.5) is 0 Å². The molecule has 7 nitrogen and oxygen atoms in total. The van der Waals surface area contributed by atoms with Gasteiger partial charge in [-0.3, -0.25) is 0 Å². The van der Waals surface area contributed by atoms with Crippen LogP contribution < -0.4 is 0 Å². The summed E-state index contributed by atoms with van der Waals surface area (Å²) >= 11 is 0. The second-order valence-corrected chi connectivity index (χ2v) is 4.28. The molecule has 0 spiro atoms. The average molecular weight is 316 g/mol. The molecule has 0 aromatic rings. The van der Waals surface area contributed by atoms with Gasteiger partial charge in [0.1, 0.15) is 6.10 Å². The Bertz CT molecular complexity index is 389. The first-order valence-corrected chi connectivity index (χ1v) is 6.96. The van der Waals surface area contributed by atoms with E-state index >= 15 is 0 Å². The number of ether oxygens (including phenoxy) is 4. The highest BCUT2D eigenvalue weighted by atomic mass is 16.6. The lowest BCUT2D eigenvalue weighted by atomic mass is 10.3. The third-order valence-corrected chi connectivity index (χ3v) is 2.41. The van der Waals surface area contributed by atoms with Gasteiger partial charge in [-0.05, 0) is 13.8 Å². The summed E-state index contributed by atoms with van der Waals surface area (Å²) in [5.74, 6) is -1.07. The predicted octanol–water partition coefficient (Wildman–Crippen LogP) is 0.619. The Morgan fingerprint density at radius 2 is 1.50 bits per heavy atom. The standard InChI is InChI=1S/C15H24O7/c1-5-20-14(17)11(3)8-19-10-13(7-16)22-9-12(4)15(18)21-6-2/h13,16H,3-10H2,1-2H3. The third kappa shape index (κ3) is 8.56. The van der Waals surface area contributed by atoms with Gasteiger partial charge in [0, 0.05) is 0 Å². The minimum absolute atomic E-state index is 0.0302. The number of aliphatic hydroxyl groups excluding tert-OH is 1. The molecule has 0 aliphatic carbocycles. The van der Waals surface area contributed by atoms with Crippen LogP contribution >= 0.6 is 0 Å². The van der Waals surface area contributed by atoms with Crippen molar-refractivity contribution in [3.8, 4) is 0 Å². The van der Waals surface area contributed by atoms with E-state index in [-0.39, 0.29) is 50.8 Å². The molecule has 0 aliphatic heterocycles. The molecular weight excluding hydrogens is 292 g/mol. The summed E-state index contributed by atoms with van der Waals surface area (Å²) in [6.07, 6.45) is -0.652. The smallest absolute Gasteiger partial charge is 0.335 e. The zero-order valence-corrected chi connectivity index (χ0v) is 13.1. The number of hydrogen-bond acceptors (Lipinski definition) is 7. The van der Waals surface area contributed by atoms with Gasteiger partial charge in [0.25, 0.3) is 0 Å². The van der Waals surface area contributed by atoms with E-state index in [1.54, 1.807) is 13.8 Å². The largest absolute Gasteiger partial charge is 0.463 e. The summed E-state index contributed by atoms with van der Waals surface area (Å²) in [6, 6.07) is 0. The van der Waals surface area contributed by atoms with Gasteiger partial charge >= 0.3 is 11.9 Å². The molecule has 22 heavy (non-hydrogen) atoms. The van der Waals surface area contributed by atoms with Crippen LogP contribution in [-0.2, 0) is 28.5 Å². The van der Waals surface area contributed by atoms with E-state index in [0.29, 0.717) is 0 Å². The first kappa shape index (κ1) is 20.3. The summed E-state index contributed by atoms with van der Waals surface area (Å²) in [6.45, 7) is 10.6. The Hall–Kier alpha value is -1.70. The second-order valence-electron chi connectivity index (χ2n) is 4.28. The van der Waals surface area contributed by atoms with Gasteiger partial charge in [0.2, 0.25) is 0 Å². The number of hydrogen-bond donors (Lipinski definition) is 1. The van der Waals surface area contributed by atoms with Crippen molar-refractivity contribution in [2.75, 3.05) is 39.6 Å². The number of aliphatic hydroxyl groups is 1. The Kier molecular flexibility index (Phi) is 11.0. The van der Waals surface area contributed by atoms with Crippen molar-refractivity contribution in [2.24, 2.45) is 0 Å². The molecule has 0 heterocycles. The first-order valence-electron chi connectivity index (χ1n) is 6.96. The maximum Gasteiger partial charge on any atom is 0.335 e. The van der Waals surface area contributed by atoms with E-state index in [4.69, 9.17) is 18.9 Å². The molecule has 0 radical (unpaired) electrons. The van der Waals surface area contributed by atoms with Gasteiger partial charge in [-0.1, -0.05) is 13.2 Å². The van der Waals surface area contributed by atoms with Crippen LogP contribution in [0.2, 0.25) is 0 Å². The van der Waals surface area contributed by atoms with E-state index in [9.17, 15) is 14.7 Å². The molecule has 0 rings (SSSR count). The number of carbonyl (C=O) groups is 2. The molecule has 1 unspecified atom stereocenters. The highest BCUT2D eigenvalue weighted by molar-refractivity contribution is 5.88. The van der Waals surface area contributed by atoms with Crippen molar-refractivity contribution >= 4 is 11.9 Å². The predicted molar refractivity (Wildman–Crippen MR) is 79.2 cm³/mol. The first-order chi connectivity index (χ1) is 10.5. The van der Waals surface area contributed by atoms with E-state index < -0.39 is 18.0 Å². The molecule has 0 amide bonds. The molecule has 0 saturated carbocycles. The molecule has 126 valence electrons. The molecule has 0 aliphatic rings. The molecular formula is C15H24O7. The lowest BCUT2D eigenvalue weighted by Gasteiger charge is -2.16. The Morgan fingerprint density at radius 3 is 1.95 bits per heavy atom. The second kappa shape index (κ2) is 11.9. The van der Waals surface area contributed by atoms with E-state index in [2.05, 4.69) is 13.2 Å². The normalized spacial score (nSPS) is 11.6. The van der Waals surface area contributed by atoms with Crippen LogP contribution in [-0.4, -0.2) is 62.8 Å².